The highest BCUT2D eigenvalue weighted by Gasteiger charge is 2.17. The molecule has 0 bridgehead atoms. The van der Waals surface area contributed by atoms with Crippen LogP contribution in [0, 0.1) is 0 Å². The first-order valence-electron chi connectivity index (χ1n) is 3.52. The van der Waals surface area contributed by atoms with Gasteiger partial charge in [-0.05, 0) is 18.9 Å². The van der Waals surface area contributed by atoms with Crippen LogP contribution in [0.4, 0.5) is 0 Å². The summed E-state index contributed by atoms with van der Waals surface area (Å²) in [5, 5.41) is 0. The molecule has 60 valence electrons. The van der Waals surface area contributed by atoms with E-state index in [1.165, 1.54) is 6.08 Å². The molecule has 3 nitrogen and oxygen atoms in total. The normalized spacial score (nSPS) is 17.7. The Morgan fingerprint density at radius 2 is 2.55 bits per heavy atom. The summed E-state index contributed by atoms with van der Waals surface area (Å²) in [6.45, 7) is 3.40. The smallest absolute Gasteiger partial charge is 0.335 e. The van der Waals surface area contributed by atoms with E-state index < -0.39 is 6.23 Å². The maximum atomic E-state index is 11.0. The summed E-state index contributed by atoms with van der Waals surface area (Å²) in [7, 11) is 0. The Kier molecular flexibility index (Phi) is 2.44. The van der Waals surface area contributed by atoms with E-state index in [9.17, 15) is 4.79 Å². The Bertz CT molecular complexity index is 208. The molecule has 1 aliphatic carbocycles. The number of carbonyl (C=O) groups is 1. The minimum Gasteiger partial charge on any atom is -0.440 e. The molecule has 0 spiro atoms. The molecule has 0 aromatic heterocycles. The second kappa shape index (κ2) is 3.34. The number of esters is 1. The quantitative estimate of drug-likeness (QED) is 0.369. The summed E-state index contributed by atoms with van der Waals surface area (Å²) in [4.78, 5) is 11.0. The average molecular weight is 153 g/mol. The Labute approximate surface area is 65.5 Å². The molecule has 0 aromatic rings. The van der Waals surface area contributed by atoms with Gasteiger partial charge in [0.15, 0.2) is 6.23 Å². The van der Waals surface area contributed by atoms with Crippen LogP contribution in [0.15, 0.2) is 24.3 Å². The summed E-state index contributed by atoms with van der Waals surface area (Å²) < 4.78 is 4.76. The van der Waals surface area contributed by atoms with E-state index in [0.29, 0.717) is 0 Å². The van der Waals surface area contributed by atoms with Crippen molar-refractivity contribution in [2.45, 2.75) is 19.1 Å². The molecule has 0 radical (unpaired) electrons. The van der Waals surface area contributed by atoms with Gasteiger partial charge in [0.1, 0.15) is 0 Å². The fraction of sp³-hybridized carbons (Fsp3) is 0.375. The largest absolute Gasteiger partial charge is 0.440 e. The lowest BCUT2D eigenvalue weighted by Gasteiger charge is -2.14. The molecule has 0 aliphatic heterocycles. The van der Waals surface area contributed by atoms with Crippen molar-refractivity contribution in [1.29, 1.82) is 0 Å². The van der Waals surface area contributed by atoms with Crippen LogP contribution < -0.4 is 5.73 Å². The van der Waals surface area contributed by atoms with Crippen molar-refractivity contribution >= 4 is 5.97 Å². The van der Waals surface area contributed by atoms with Crippen molar-refractivity contribution < 1.29 is 9.53 Å². The minimum absolute atomic E-state index is 0.316. The Hall–Kier alpha value is -1.09. The lowest BCUT2D eigenvalue weighted by Crippen LogP contribution is -2.26. The third kappa shape index (κ3) is 1.91. The molecule has 1 atom stereocenters. The van der Waals surface area contributed by atoms with Gasteiger partial charge in [-0.1, -0.05) is 12.7 Å². The van der Waals surface area contributed by atoms with Crippen molar-refractivity contribution in [3.63, 3.8) is 0 Å². The summed E-state index contributed by atoms with van der Waals surface area (Å²) in [5.74, 6) is -0.316. The van der Waals surface area contributed by atoms with Crippen LogP contribution in [0.3, 0.4) is 0 Å². The number of allylic oxidation sites excluding steroid dienone is 1. The predicted octanol–water partition coefficient (Wildman–Crippen LogP) is 0.721. The van der Waals surface area contributed by atoms with Gasteiger partial charge in [-0.25, -0.2) is 4.79 Å². The molecule has 1 aliphatic rings. The van der Waals surface area contributed by atoms with Crippen LogP contribution in [0.1, 0.15) is 12.8 Å². The zero-order valence-electron chi connectivity index (χ0n) is 6.25. The van der Waals surface area contributed by atoms with Gasteiger partial charge in [0.25, 0.3) is 0 Å². The third-order valence-electron chi connectivity index (χ3n) is 1.54. The van der Waals surface area contributed by atoms with Gasteiger partial charge in [0, 0.05) is 5.57 Å². The molecule has 0 aromatic carbocycles. The molecule has 1 rings (SSSR count). The van der Waals surface area contributed by atoms with Crippen LogP contribution in [-0.2, 0) is 9.53 Å². The topological polar surface area (TPSA) is 52.3 Å². The first-order chi connectivity index (χ1) is 5.24. The summed E-state index contributed by atoms with van der Waals surface area (Å²) >= 11 is 0. The zero-order valence-corrected chi connectivity index (χ0v) is 6.25. The monoisotopic (exact) mass is 153 g/mol. The third-order valence-corrected chi connectivity index (χ3v) is 1.54. The fourth-order valence-electron chi connectivity index (χ4n) is 0.721. The van der Waals surface area contributed by atoms with Crippen LogP contribution in [0.2, 0.25) is 0 Å². The van der Waals surface area contributed by atoms with Crippen molar-refractivity contribution in [2.75, 3.05) is 0 Å². The van der Waals surface area contributed by atoms with Gasteiger partial charge >= 0.3 is 5.97 Å². The van der Waals surface area contributed by atoms with Gasteiger partial charge in [-0.3, -0.25) is 5.73 Å². The second-order valence-corrected chi connectivity index (χ2v) is 2.37. The molecule has 0 amide bonds. The number of carbonyl (C=O) groups excluding carboxylic acids is 1. The maximum absolute atomic E-state index is 11.0. The Morgan fingerprint density at radius 1 is 1.91 bits per heavy atom. The van der Waals surface area contributed by atoms with Crippen molar-refractivity contribution in [1.82, 2.24) is 0 Å². The highest BCUT2D eigenvalue weighted by atomic mass is 16.6. The first-order valence-corrected chi connectivity index (χ1v) is 3.52. The number of rotatable bonds is 3. The van der Waals surface area contributed by atoms with Crippen LogP contribution in [-0.4, -0.2) is 12.2 Å². The molecular weight excluding hydrogens is 142 g/mol. The number of ether oxygens (including phenoxy) is 1. The fourth-order valence-corrected chi connectivity index (χ4v) is 0.721. The minimum atomic E-state index is -0.677. The first kappa shape index (κ1) is 8.01. The summed E-state index contributed by atoms with van der Waals surface area (Å²) in [5.41, 5.74) is 6.03. The van der Waals surface area contributed by atoms with E-state index in [1.54, 1.807) is 0 Å². The van der Waals surface area contributed by atoms with E-state index in [2.05, 4.69) is 6.58 Å². The molecule has 11 heavy (non-hydrogen) atoms. The van der Waals surface area contributed by atoms with Crippen LogP contribution >= 0.6 is 0 Å². The summed E-state index contributed by atoms with van der Waals surface area (Å²) in [6.07, 6.45) is 4.33. The molecule has 1 unspecified atom stereocenters. The highest BCUT2D eigenvalue weighted by molar-refractivity contribution is 5.89. The number of hydrogen-bond acceptors (Lipinski definition) is 3. The molecule has 3 heteroatoms. The predicted molar refractivity (Wildman–Crippen MR) is 41.6 cm³/mol. The zero-order chi connectivity index (χ0) is 8.27. The van der Waals surface area contributed by atoms with Gasteiger partial charge in [0.2, 0.25) is 0 Å². The number of nitrogens with two attached hydrogens (primary N) is 1. The molecule has 0 saturated heterocycles. The highest BCUT2D eigenvalue weighted by Crippen LogP contribution is 2.19. The molecule has 0 fully saturated rings. The van der Waals surface area contributed by atoms with E-state index in [1.807, 2.05) is 6.08 Å². The van der Waals surface area contributed by atoms with Gasteiger partial charge in [-0.2, -0.15) is 0 Å². The lowest BCUT2D eigenvalue weighted by molar-refractivity contribution is -0.142. The van der Waals surface area contributed by atoms with Gasteiger partial charge in [-0.15, -0.1) is 0 Å². The second-order valence-electron chi connectivity index (χ2n) is 2.37. The number of hydrogen-bond donors (Lipinski definition) is 1. The van der Waals surface area contributed by atoms with Crippen molar-refractivity contribution in [3.8, 4) is 0 Å². The van der Waals surface area contributed by atoms with Crippen molar-refractivity contribution in [3.05, 3.63) is 24.3 Å². The van der Waals surface area contributed by atoms with E-state index >= 15 is 0 Å². The standard InChI is InChI=1S/C8H11NO2/c1-2-7(9)11-8(10)6-4-3-5-6/h2,4,7H,1,3,5,9H2. The summed E-state index contributed by atoms with van der Waals surface area (Å²) in [6, 6.07) is 0. The van der Waals surface area contributed by atoms with Crippen LogP contribution in [0.25, 0.3) is 0 Å². The molecule has 0 saturated carbocycles. The average Bonchev–Trinajstić information content (AvgIpc) is 1.83. The molecule has 2 N–H and O–H groups in total. The Morgan fingerprint density at radius 3 is 2.91 bits per heavy atom. The van der Waals surface area contributed by atoms with E-state index in [0.717, 1.165) is 18.4 Å². The van der Waals surface area contributed by atoms with Gasteiger partial charge < -0.3 is 4.74 Å². The lowest BCUT2D eigenvalue weighted by atomic mass is 10.00. The van der Waals surface area contributed by atoms with E-state index in [4.69, 9.17) is 10.5 Å². The SMILES string of the molecule is C=CC(N)OC(=O)C1=CCC1. The maximum Gasteiger partial charge on any atom is 0.335 e. The van der Waals surface area contributed by atoms with Gasteiger partial charge in [0.05, 0.1) is 0 Å². The molecule has 0 heterocycles. The van der Waals surface area contributed by atoms with Crippen molar-refractivity contribution in [2.24, 2.45) is 5.73 Å². The molecular formula is C8H11NO2. The van der Waals surface area contributed by atoms with E-state index in [-0.39, 0.29) is 5.97 Å². The van der Waals surface area contributed by atoms with Crippen LogP contribution in [0.5, 0.6) is 0 Å². The Balaban J connectivity index is 2.37.